The number of carbonyl (C=O) groups is 2. The number of hydrogen-bond donors (Lipinski definition) is 1. The smallest absolute Gasteiger partial charge is 0.238 e. The summed E-state index contributed by atoms with van der Waals surface area (Å²) in [6.45, 7) is 9.79. The molecule has 0 bridgehead atoms. The molecule has 1 aromatic carbocycles. The fourth-order valence-corrected chi connectivity index (χ4v) is 4.22. The van der Waals surface area contributed by atoms with Crippen LogP contribution < -0.4 is 5.32 Å². The number of nitrogens with zero attached hydrogens (tertiary/aromatic N) is 5. The lowest BCUT2D eigenvalue weighted by Crippen LogP contribution is -2.51. The molecule has 156 valence electrons. The lowest BCUT2D eigenvalue weighted by Gasteiger charge is -2.34. The Kier molecular flexibility index (Phi) is 7.27. The van der Waals surface area contributed by atoms with Crippen LogP contribution in [-0.2, 0) is 16.1 Å². The summed E-state index contributed by atoms with van der Waals surface area (Å²) >= 11 is 1.42. The van der Waals surface area contributed by atoms with Crippen LogP contribution in [0.1, 0.15) is 18.1 Å². The lowest BCUT2D eigenvalue weighted by atomic mass is 10.1. The maximum absolute atomic E-state index is 12.5. The van der Waals surface area contributed by atoms with Crippen molar-refractivity contribution >= 4 is 29.3 Å². The Bertz CT molecular complexity index is 840. The third-order valence-corrected chi connectivity index (χ3v) is 6.05. The molecule has 0 radical (unpaired) electrons. The van der Waals surface area contributed by atoms with Crippen molar-refractivity contribution in [1.82, 2.24) is 24.6 Å². The lowest BCUT2D eigenvalue weighted by molar-refractivity contribution is -0.130. The van der Waals surface area contributed by atoms with Gasteiger partial charge in [0.25, 0.3) is 0 Å². The molecule has 2 heterocycles. The summed E-state index contributed by atoms with van der Waals surface area (Å²) in [7, 11) is 0. The van der Waals surface area contributed by atoms with Gasteiger partial charge in [0.1, 0.15) is 6.33 Å². The quantitative estimate of drug-likeness (QED) is 0.693. The molecule has 1 fully saturated rings. The van der Waals surface area contributed by atoms with Crippen molar-refractivity contribution in [2.75, 3.05) is 43.8 Å². The molecule has 1 aliphatic rings. The van der Waals surface area contributed by atoms with Crippen LogP contribution in [0, 0.1) is 13.8 Å². The molecule has 2 amide bonds. The van der Waals surface area contributed by atoms with Crippen LogP contribution in [0.3, 0.4) is 0 Å². The predicted octanol–water partition coefficient (Wildman–Crippen LogP) is 1.79. The number of nitrogens with one attached hydrogen (secondary N) is 1. The highest BCUT2D eigenvalue weighted by Gasteiger charge is 2.23. The second kappa shape index (κ2) is 9.89. The zero-order valence-electron chi connectivity index (χ0n) is 17.2. The van der Waals surface area contributed by atoms with E-state index in [1.807, 2.05) is 48.4 Å². The minimum absolute atomic E-state index is 0.0170. The van der Waals surface area contributed by atoms with Gasteiger partial charge in [-0.05, 0) is 31.9 Å². The molecule has 1 aromatic heterocycles. The molecule has 0 saturated carbocycles. The molecule has 1 aliphatic heterocycles. The van der Waals surface area contributed by atoms with Gasteiger partial charge in [-0.15, -0.1) is 10.2 Å². The maximum atomic E-state index is 12.5. The number of rotatable bonds is 7. The molecule has 2 aromatic rings. The molecule has 0 aliphatic carbocycles. The number of benzene rings is 1. The van der Waals surface area contributed by atoms with E-state index in [0.717, 1.165) is 28.5 Å². The number of hydrogen-bond acceptors (Lipinski definition) is 6. The van der Waals surface area contributed by atoms with E-state index in [1.54, 1.807) is 6.33 Å². The van der Waals surface area contributed by atoms with Crippen LogP contribution in [0.2, 0.25) is 0 Å². The van der Waals surface area contributed by atoms with Crippen molar-refractivity contribution < 1.29 is 9.59 Å². The van der Waals surface area contributed by atoms with E-state index in [0.29, 0.717) is 38.5 Å². The summed E-state index contributed by atoms with van der Waals surface area (Å²) < 4.78 is 1.92. The van der Waals surface area contributed by atoms with Crippen molar-refractivity contribution in [1.29, 1.82) is 0 Å². The van der Waals surface area contributed by atoms with E-state index in [4.69, 9.17) is 0 Å². The molecule has 29 heavy (non-hydrogen) atoms. The first-order chi connectivity index (χ1) is 14.0. The van der Waals surface area contributed by atoms with E-state index in [2.05, 4.69) is 20.4 Å². The van der Waals surface area contributed by atoms with Crippen LogP contribution in [-0.4, -0.2) is 74.9 Å². The normalized spacial score (nSPS) is 14.8. The van der Waals surface area contributed by atoms with Gasteiger partial charge < -0.3 is 14.8 Å². The second-order valence-corrected chi connectivity index (χ2v) is 8.10. The molecule has 9 heteroatoms. The Labute approximate surface area is 175 Å². The largest absolute Gasteiger partial charge is 0.339 e. The molecular weight excluding hydrogens is 388 g/mol. The number of anilines is 1. The van der Waals surface area contributed by atoms with Crippen LogP contribution in [0.4, 0.5) is 5.69 Å². The predicted molar refractivity (Wildman–Crippen MR) is 114 cm³/mol. The summed E-state index contributed by atoms with van der Waals surface area (Å²) in [5.74, 6) is 0.433. The second-order valence-electron chi connectivity index (χ2n) is 7.16. The molecular formula is C20H28N6O2S. The number of thioether (sulfide) groups is 1. The first kappa shape index (κ1) is 21.3. The highest BCUT2D eigenvalue weighted by Crippen LogP contribution is 2.19. The zero-order valence-corrected chi connectivity index (χ0v) is 18.0. The summed E-state index contributed by atoms with van der Waals surface area (Å²) in [5, 5.41) is 11.7. The van der Waals surface area contributed by atoms with Gasteiger partial charge in [0.05, 0.1) is 12.3 Å². The van der Waals surface area contributed by atoms with E-state index in [9.17, 15) is 9.59 Å². The molecule has 0 unspecified atom stereocenters. The van der Waals surface area contributed by atoms with Gasteiger partial charge in [0, 0.05) is 38.4 Å². The minimum Gasteiger partial charge on any atom is -0.339 e. The van der Waals surface area contributed by atoms with Crippen molar-refractivity contribution in [3.8, 4) is 0 Å². The van der Waals surface area contributed by atoms with Gasteiger partial charge in [0.2, 0.25) is 11.8 Å². The van der Waals surface area contributed by atoms with Gasteiger partial charge in [-0.2, -0.15) is 0 Å². The zero-order chi connectivity index (χ0) is 20.8. The van der Waals surface area contributed by atoms with E-state index < -0.39 is 0 Å². The van der Waals surface area contributed by atoms with Crippen molar-refractivity contribution in [3.05, 3.63) is 35.7 Å². The molecule has 1 N–H and O–H groups in total. The highest BCUT2D eigenvalue weighted by atomic mass is 32.2. The summed E-state index contributed by atoms with van der Waals surface area (Å²) in [6.07, 6.45) is 1.68. The highest BCUT2D eigenvalue weighted by molar-refractivity contribution is 7.99. The van der Waals surface area contributed by atoms with E-state index >= 15 is 0 Å². The molecule has 1 saturated heterocycles. The summed E-state index contributed by atoms with van der Waals surface area (Å²) in [4.78, 5) is 28.9. The van der Waals surface area contributed by atoms with Crippen molar-refractivity contribution in [2.24, 2.45) is 0 Å². The number of piperazine rings is 1. The Morgan fingerprint density at radius 2 is 1.83 bits per heavy atom. The van der Waals surface area contributed by atoms with Gasteiger partial charge in [-0.25, -0.2) is 0 Å². The Morgan fingerprint density at radius 1 is 1.14 bits per heavy atom. The standard InChI is InChI=1S/C20H28N6O2S/c1-4-25-14-21-23-20(25)29-13-18(28)26-10-8-24(9-11-26)12-17(27)22-19-15(2)6-5-7-16(19)3/h5-7,14H,4,8-13H2,1-3H3,(H,22,27). The average molecular weight is 417 g/mol. The van der Waals surface area contributed by atoms with Crippen LogP contribution in [0.25, 0.3) is 0 Å². The number of aryl methyl sites for hydroxylation is 3. The number of aromatic nitrogens is 3. The third kappa shape index (κ3) is 5.57. The molecule has 0 atom stereocenters. The number of carbonyl (C=O) groups excluding carboxylic acids is 2. The van der Waals surface area contributed by atoms with E-state index in [-0.39, 0.29) is 11.8 Å². The van der Waals surface area contributed by atoms with Crippen LogP contribution in [0.5, 0.6) is 0 Å². The van der Waals surface area contributed by atoms with Gasteiger partial charge in [-0.3, -0.25) is 14.5 Å². The topological polar surface area (TPSA) is 83.4 Å². The van der Waals surface area contributed by atoms with Gasteiger partial charge >= 0.3 is 0 Å². The van der Waals surface area contributed by atoms with Crippen LogP contribution >= 0.6 is 11.8 Å². The third-order valence-electron chi connectivity index (χ3n) is 5.08. The van der Waals surface area contributed by atoms with Gasteiger partial charge in [-0.1, -0.05) is 30.0 Å². The summed E-state index contributed by atoms with van der Waals surface area (Å²) in [5.41, 5.74) is 3.01. The monoisotopic (exact) mass is 416 g/mol. The first-order valence-electron chi connectivity index (χ1n) is 9.84. The van der Waals surface area contributed by atoms with Crippen LogP contribution in [0.15, 0.2) is 29.7 Å². The maximum Gasteiger partial charge on any atom is 0.238 e. The molecule has 8 nitrogen and oxygen atoms in total. The Balaban J connectivity index is 1.43. The molecule has 0 spiro atoms. The molecule has 3 rings (SSSR count). The Morgan fingerprint density at radius 3 is 2.48 bits per heavy atom. The van der Waals surface area contributed by atoms with Crippen molar-refractivity contribution in [2.45, 2.75) is 32.5 Å². The Hall–Kier alpha value is -2.39. The fourth-order valence-electron chi connectivity index (χ4n) is 3.34. The first-order valence-corrected chi connectivity index (χ1v) is 10.8. The van der Waals surface area contributed by atoms with E-state index in [1.165, 1.54) is 11.8 Å². The average Bonchev–Trinajstić information content (AvgIpc) is 3.17. The SMILES string of the molecule is CCn1cnnc1SCC(=O)N1CCN(CC(=O)Nc2c(C)cccc2C)CC1. The minimum atomic E-state index is -0.0170. The number of amides is 2. The van der Waals surface area contributed by atoms with Gasteiger partial charge in [0.15, 0.2) is 5.16 Å². The summed E-state index contributed by atoms with van der Waals surface area (Å²) in [6, 6.07) is 5.98. The van der Waals surface area contributed by atoms with Crippen molar-refractivity contribution in [3.63, 3.8) is 0 Å². The number of para-hydroxylation sites is 1. The fraction of sp³-hybridized carbons (Fsp3) is 0.500.